The first-order chi connectivity index (χ1) is 19.4. The van der Waals surface area contributed by atoms with Crippen LogP contribution in [0.15, 0.2) is 82.1 Å². The number of para-hydroxylation sites is 2. The van der Waals surface area contributed by atoms with Crippen LogP contribution in [0.2, 0.25) is 0 Å². The molecule has 1 amide bonds. The lowest BCUT2D eigenvalue weighted by Gasteiger charge is -2.49. The second kappa shape index (κ2) is 10.7. The van der Waals surface area contributed by atoms with E-state index >= 15 is 0 Å². The summed E-state index contributed by atoms with van der Waals surface area (Å²) in [7, 11) is 0. The van der Waals surface area contributed by atoms with Gasteiger partial charge < -0.3 is 14.8 Å². The molecule has 40 heavy (non-hydrogen) atoms. The van der Waals surface area contributed by atoms with Gasteiger partial charge in [0, 0.05) is 29.0 Å². The van der Waals surface area contributed by atoms with Crippen LogP contribution in [-0.4, -0.2) is 55.4 Å². The fraction of sp³-hybridized carbons (Fsp3) is 0.207. The Morgan fingerprint density at radius 2 is 1.88 bits per heavy atom. The topological polar surface area (TPSA) is 130 Å². The molecule has 0 spiro atoms. The molecule has 2 aromatic heterocycles. The zero-order chi connectivity index (χ0) is 27.8. The van der Waals surface area contributed by atoms with Crippen molar-refractivity contribution in [1.29, 1.82) is 0 Å². The number of hydrogen-bond donors (Lipinski definition) is 2. The fourth-order valence-electron chi connectivity index (χ4n) is 5.02. The summed E-state index contributed by atoms with van der Waals surface area (Å²) in [6.45, 7) is -0.0675. The molecule has 0 aliphatic carbocycles. The molecule has 11 heteroatoms. The number of thiophene rings is 1. The van der Waals surface area contributed by atoms with Gasteiger partial charge in [0.05, 0.1) is 27.8 Å². The Kier molecular flexibility index (Phi) is 6.99. The molecular formula is C29H23N3O6S2. The van der Waals surface area contributed by atoms with Gasteiger partial charge in [-0.2, -0.15) is 0 Å². The minimum absolute atomic E-state index is 0.0343. The first kappa shape index (κ1) is 26.0. The van der Waals surface area contributed by atoms with Gasteiger partial charge in [0.25, 0.3) is 5.56 Å². The SMILES string of the molecule is O=C(Cc1cccs1)CC1C(=O)N2C(C(=O)O)=C(COc3ccccc3-c3nc4ccccc4c(=O)[nH]3)CSC12. The Labute approximate surface area is 236 Å². The van der Waals surface area contributed by atoms with Gasteiger partial charge in [0.1, 0.15) is 29.7 Å². The number of ether oxygens (including phenoxy) is 1. The Morgan fingerprint density at radius 1 is 1.07 bits per heavy atom. The van der Waals surface area contributed by atoms with Crippen molar-refractivity contribution in [3.8, 4) is 17.1 Å². The molecule has 2 aromatic carbocycles. The highest BCUT2D eigenvalue weighted by Gasteiger charge is 2.53. The van der Waals surface area contributed by atoms with E-state index in [1.807, 2.05) is 17.5 Å². The largest absolute Gasteiger partial charge is 0.488 e. The number of carboxylic acids is 1. The number of nitrogens with zero attached hydrogens (tertiary/aromatic N) is 2. The second-order valence-electron chi connectivity index (χ2n) is 9.49. The van der Waals surface area contributed by atoms with Gasteiger partial charge >= 0.3 is 5.97 Å². The third-order valence-corrected chi connectivity index (χ3v) is 9.19. The number of rotatable bonds is 9. The maximum absolute atomic E-state index is 13.0. The van der Waals surface area contributed by atoms with Gasteiger partial charge in [-0.3, -0.25) is 19.3 Å². The number of hydrogen-bond acceptors (Lipinski definition) is 8. The number of β-lactam (4-membered cyclic amide) rings is 1. The van der Waals surface area contributed by atoms with E-state index in [0.29, 0.717) is 39.4 Å². The first-order valence-electron chi connectivity index (χ1n) is 12.6. The normalized spacial score (nSPS) is 18.4. The third kappa shape index (κ3) is 4.82. The molecule has 4 aromatic rings. The van der Waals surface area contributed by atoms with Gasteiger partial charge in [-0.15, -0.1) is 23.1 Å². The standard InChI is InChI=1S/C29H23N3O6S2/c33-17(12-18-6-5-11-39-18)13-21-27(35)32-24(29(36)37)16(15-40-28(21)32)14-38-23-10-4-2-8-20(23)25-30-22-9-3-1-7-19(22)26(34)31-25/h1-11,21,28H,12-15H2,(H,36,37)(H,30,31,34). The van der Waals surface area contributed by atoms with Crippen molar-refractivity contribution in [1.82, 2.24) is 14.9 Å². The summed E-state index contributed by atoms with van der Waals surface area (Å²) >= 11 is 2.93. The smallest absolute Gasteiger partial charge is 0.352 e. The summed E-state index contributed by atoms with van der Waals surface area (Å²) in [5.41, 5.74) is 1.18. The van der Waals surface area contributed by atoms with Crippen molar-refractivity contribution in [2.24, 2.45) is 5.92 Å². The van der Waals surface area contributed by atoms with Crippen LogP contribution in [0.3, 0.4) is 0 Å². The molecule has 1 saturated heterocycles. The van der Waals surface area contributed by atoms with Crippen molar-refractivity contribution in [3.63, 3.8) is 0 Å². The average Bonchev–Trinajstić information content (AvgIpc) is 3.47. The molecule has 0 bridgehead atoms. The van der Waals surface area contributed by atoms with Gasteiger partial charge in [0.2, 0.25) is 5.91 Å². The van der Waals surface area contributed by atoms with Crippen LogP contribution in [0.4, 0.5) is 0 Å². The number of carbonyl (C=O) groups excluding carboxylic acids is 2. The Balaban J connectivity index is 1.21. The summed E-state index contributed by atoms with van der Waals surface area (Å²) in [6.07, 6.45) is 0.365. The fourth-order valence-corrected chi connectivity index (χ4v) is 7.15. The summed E-state index contributed by atoms with van der Waals surface area (Å²) in [5.74, 6) is -1.05. The number of carboxylic acid groups (broad SMARTS) is 1. The number of fused-ring (bicyclic) bond motifs is 2. The average molecular weight is 574 g/mol. The molecule has 2 atom stereocenters. The number of carbonyl (C=O) groups is 3. The number of Topliss-reactive ketones (excluding diaryl/α,β-unsaturated/α-hetero) is 1. The summed E-state index contributed by atoms with van der Waals surface area (Å²) in [6, 6.07) is 17.8. The van der Waals surface area contributed by atoms with E-state index in [4.69, 9.17) is 4.74 Å². The summed E-state index contributed by atoms with van der Waals surface area (Å²) < 4.78 is 6.07. The maximum atomic E-state index is 13.0. The maximum Gasteiger partial charge on any atom is 0.352 e. The van der Waals surface area contributed by atoms with Gasteiger partial charge in [0.15, 0.2) is 0 Å². The van der Waals surface area contributed by atoms with E-state index in [0.717, 1.165) is 4.88 Å². The van der Waals surface area contributed by atoms with Crippen LogP contribution in [0, 0.1) is 5.92 Å². The minimum atomic E-state index is -1.21. The zero-order valence-corrected chi connectivity index (χ0v) is 22.7. The predicted molar refractivity (Wildman–Crippen MR) is 152 cm³/mol. The summed E-state index contributed by atoms with van der Waals surface area (Å²) in [5, 5.41) is 12.0. The highest BCUT2D eigenvalue weighted by molar-refractivity contribution is 8.00. The van der Waals surface area contributed by atoms with Crippen LogP contribution >= 0.6 is 23.1 Å². The molecule has 2 aliphatic rings. The van der Waals surface area contributed by atoms with E-state index in [2.05, 4.69) is 9.97 Å². The Morgan fingerprint density at radius 3 is 2.67 bits per heavy atom. The van der Waals surface area contributed by atoms with Crippen LogP contribution < -0.4 is 10.3 Å². The number of aromatic amines is 1. The van der Waals surface area contributed by atoms with Crippen LogP contribution in [0.25, 0.3) is 22.3 Å². The summed E-state index contributed by atoms with van der Waals surface area (Å²) in [4.78, 5) is 60.1. The highest BCUT2D eigenvalue weighted by Crippen LogP contribution is 2.45. The minimum Gasteiger partial charge on any atom is -0.488 e. The number of aliphatic carboxylic acids is 1. The number of benzene rings is 2. The number of thioether (sulfide) groups is 1. The second-order valence-corrected chi connectivity index (χ2v) is 11.6. The molecule has 1 fully saturated rings. The lowest BCUT2D eigenvalue weighted by Crippen LogP contribution is -2.62. The predicted octanol–water partition coefficient (Wildman–Crippen LogP) is 4.10. The lowest BCUT2D eigenvalue weighted by molar-refractivity contribution is -0.154. The van der Waals surface area contributed by atoms with Crippen molar-refractivity contribution in [2.75, 3.05) is 12.4 Å². The molecule has 2 unspecified atom stereocenters. The molecule has 0 radical (unpaired) electrons. The molecular weight excluding hydrogens is 550 g/mol. The van der Waals surface area contributed by atoms with Gasteiger partial charge in [-0.05, 0) is 35.7 Å². The van der Waals surface area contributed by atoms with E-state index < -0.39 is 17.3 Å². The number of nitrogens with one attached hydrogen (secondary N) is 1. The van der Waals surface area contributed by atoms with Crippen molar-refractivity contribution in [3.05, 3.63) is 92.5 Å². The number of aromatic nitrogens is 2. The van der Waals surface area contributed by atoms with Crippen molar-refractivity contribution >= 4 is 51.7 Å². The molecule has 0 saturated carbocycles. The first-order valence-corrected chi connectivity index (χ1v) is 14.5. The quantitative estimate of drug-likeness (QED) is 0.286. The molecule has 202 valence electrons. The van der Waals surface area contributed by atoms with Crippen molar-refractivity contribution < 1.29 is 24.2 Å². The van der Waals surface area contributed by atoms with Crippen LogP contribution in [0.5, 0.6) is 5.75 Å². The number of amides is 1. The van der Waals surface area contributed by atoms with E-state index in [1.165, 1.54) is 28.0 Å². The molecule has 4 heterocycles. The Hall–Kier alpha value is -4.22. The molecule has 2 aliphatic heterocycles. The third-order valence-electron chi connectivity index (χ3n) is 6.92. The monoisotopic (exact) mass is 573 g/mol. The zero-order valence-electron chi connectivity index (χ0n) is 21.0. The lowest BCUT2D eigenvalue weighted by atomic mass is 9.89. The number of ketones is 1. The Bertz CT molecular complexity index is 1730. The number of H-pyrrole nitrogens is 1. The van der Waals surface area contributed by atoms with E-state index in [-0.39, 0.29) is 42.4 Å². The van der Waals surface area contributed by atoms with Gasteiger partial charge in [-0.1, -0.05) is 30.3 Å². The van der Waals surface area contributed by atoms with Crippen LogP contribution in [-0.2, 0) is 20.8 Å². The molecule has 9 nitrogen and oxygen atoms in total. The van der Waals surface area contributed by atoms with Crippen molar-refractivity contribution in [2.45, 2.75) is 18.2 Å². The van der Waals surface area contributed by atoms with E-state index in [9.17, 15) is 24.3 Å². The highest BCUT2D eigenvalue weighted by atomic mass is 32.2. The van der Waals surface area contributed by atoms with Crippen LogP contribution in [0.1, 0.15) is 11.3 Å². The molecule has 2 N–H and O–H groups in total. The van der Waals surface area contributed by atoms with E-state index in [1.54, 1.807) is 48.5 Å². The van der Waals surface area contributed by atoms with Gasteiger partial charge in [-0.25, -0.2) is 9.78 Å². The molecule has 6 rings (SSSR count).